The molecule has 0 aliphatic rings. The molecule has 0 saturated heterocycles. The first-order valence-corrected chi connectivity index (χ1v) is 7.16. The third-order valence-electron chi connectivity index (χ3n) is 2.16. The molecule has 2 aromatic rings. The van der Waals surface area contributed by atoms with E-state index in [2.05, 4.69) is 44.7 Å². The van der Waals surface area contributed by atoms with E-state index in [0.717, 1.165) is 15.2 Å². The van der Waals surface area contributed by atoms with E-state index < -0.39 is 0 Å². The van der Waals surface area contributed by atoms with Crippen LogP contribution >= 0.6 is 38.6 Å². The van der Waals surface area contributed by atoms with Crippen LogP contribution in [0.1, 0.15) is 18.5 Å². The Hall–Kier alpha value is -0.230. The van der Waals surface area contributed by atoms with Gasteiger partial charge >= 0.3 is 0 Å². The molecule has 0 aliphatic heterocycles. The van der Waals surface area contributed by atoms with Gasteiger partial charge in [-0.2, -0.15) is 0 Å². The van der Waals surface area contributed by atoms with Crippen LogP contribution in [0.2, 0.25) is 0 Å². The predicted octanol–water partition coefficient (Wildman–Crippen LogP) is 3.70. The number of nitrogens with two attached hydrogens (primary N) is 1. The molecule has 0 saturated carbocycles. The molecule has 1 atom stereocenters. The zero-order valence-corrected chi connectivity index (χ0v) is 11.5. The van der Waals surface area contributed by atoms with Gasteiger partial charge < -0.3 is 5.73 Å². The predicted molar refractivity (Wildman–Crippen MR) is 70.6 cm³/mol. The van der Waals surface area contributed by atoms with Crippen LogP contribution < -0.4 is 5.73 Å². The van der Waals surface area contributed by atoms with Crippen molar-refractivity contribution in [1.29, 1.82) is 0 Å². The number of nitrogens with zero attached hydrogens (tertiary/aromatic N) is 1. The largest absolute Gasteiger partial charge is 0.330 e. The van der Waals surface area contributed by atoms with Gasteiger partial charge in [0.1, 0.15) is 5.01 Å². The molecule has 2 N–H and O–H groups in total. The number of halogens is 1. The number of rotatable bonds is 3. The molecule has 0 bridgehead atoms. The van der Waals surface area contributed by atoms with E-state index in [1.54, 1.807) is 22.7 Å². The number of hydrogen-bond acceptors (Lipinski definition) is 4. The first-order valence-electron chi connectivity index (χ1n) is 4.60. The molecule has 2 aromatic heterocycles. The van der Waals surface area contributed by atoms with Crippen molar-refractivity contribution in [3.8, 4) is 9.88 Å². The van der Waals surface area contributed by atoms with Gasteiger partial charge in [0.2, 0.25) is 0 Å². The lowest BCUT2D eigenvalue weighted by Crippen LogP contribution is -2.08. The highest BCUT2D eigenvalue weighted by atomic mass is 79.9. The summed E-state index contributed by atoms with van der Waals surface area (Å²) < 4.78 is 1.12. The Bertz CT molecular complexity index is 450. The highest BCUT2D eigenvalue weighted by Crippen LogP contribution is 2.33. The second-order valence-electron chi connectivity index (χ2n) is 3.34. The Morgan fingerprint density at radius 2 is 2.27 bits per heavy atom. The van der Waals surface area contributed by atoms with E-state index in [1.807, 2.05) is 0 Å². The summed E-state index contributed by atoms with van der Waals surface area (Å²) in [6.45, 7) is 2.75. The fourth-order valence-electron chi connectivity index (χ4n) is 1.17. The summed E-state index contributed by atoms with van der Waals surface area (Å²) in [7, 11) is 0. The minimum atomic E-state index is 0.346. The van der Waals surface area contributed by atoms with E-state index in [-0.39, 0.29) is 0 Å². The fraction of sp³-hybridized carbons (Fsp3) is 0.300. The number of thiazole rings is 1. The maximum absolute atomic E-state index is 5.62. The summed E-state index contributed by atoms with van der Waals surface area (Å²) in [5.41, 5.74) is 6.71. The Morgan fingerprint density at radius 3 is 2.87 bits per heavy atom. The van der Waals surface area contributed by atoms with Gasteiger partial charge in [-0.1, -0.05) is 6.92 Å². The lowest BCUT2D eigenvalue weighted by Gasteiger charge is -2.02. The van der Waals surface area contributed by atoms with Crippen molar-refractivity contribution in [3.05, 3.63) is 27.0 Å². The van der Waals surface area contributed by atoms with Crippen LogP contribution in [0, 0.1) is 0 Å². The minimum Gasteiger partial charge on any atom is -0.330 e. The first kappa shape index (κ1) is 11.3. The van der Waals surface area contributed by atoms with Gasteiger partial charge in [0.15, 0.2) is 0 Å². The van der Waals surface area contributed by atoms with Gasteiger partial charge in [0.25, 0.3) is 0 Å². The topological polar surface area (TPSA) is 38.9 Å². The highest BCUT2D eigenvalue weighted by molar-refractivity contribution is 9.10. The molecule has 5 heteroatoms. The lowest BCUT2D eigenvalue weighted by atomic mass is 10.1. The zero-order valence-electron chi connectivity index (χ0n) is 8.24. The third kappa shape index (κ3) is 2.47. The molecule has 0 fully saturated rings. The second kappa shape index (κ2) is 4.74. The average Bonchev–Trinajstić information content (AvgIpc) is 2.84. The molecule has 0 aromatic carbocycles. The minimum absolute atomic E-state index is 0.346. The van der Waals surface area contributed by atoms with Crippen molar-refractivity contribution >= 4 is 38.6 Å². The molecule has 1 unspecified atom stereocenters. The summed E-state index contributed by atoms with van der Waals surface area (Å²) in [5.74, 6) is 0.346. The van der Waals surface area contributed by atoms with Crippen molar-refractivity contribution < 1.29 is 0 Å². The van der Waals surface area contributed by atoms with Crippen molar-refractivity contribution in [2.24, 2.45) is 5.73 Å². The molecule has 2 heterocycles. The van der Waals surface area contributed by atoms with Crippen LogP contribution in [0.4, 0.5) is 0 Å². The van der Waals surface area contributed by atoms with Gasteiger partial charge in [0, 0.05) is 27.7 Å². The summed E-state index contributed by atoms with van der Waals surface area (Å²) in [5, 5.41) is 5.25. The number of thiophene rings is 1. The smallest absolute Gasteiger partial charge is 0.133 e. The van der Waals surface area contributed by atoms with Crippen molar-refractivity contribution in [1.82, 2.24) is 4.98 Å². The number of aromatic nitrogens is 1. The molecule has 0 radical (unpaired) electrons. The molecular formula is C10H11BrN2S2. The molecule has 0 aliphatic carbocycles. The first-order chi connectivity index (χ1) is 7.20. The van der Waals surface area contributed by atoms with E-state index in [9.17, 15) is 0 Å². The van der Waals surface area contributed by atoms with E-state index in [0.29, 0.717) is 12.5 Å². The highest BCUT2D eigenvalue weighted by Gasteiger charge is 2.10. The van der Waals surface area contributed by atoms with Gasteiger partial charge in [-0.3, -0.25) is 0 Å². The number of hydrogen-bond donors (Lipinski definition) is 1. The molecular weight excluding hydrogens is 292 g/mol. The van der Waals surface area contributed by atoms with Crippen LogP contribution in [-0.2, 0) is 0 Å². The average molecular weight is 303 g/mol. The Morgan fingerprint density at radius 1 is 1.47 bits per heavy atom. The van der Waals surface area contributed by atoms with E-state index >= 15 is 0 Å². The molecule has 15 heavy (non-hydrogen) atoms. The molecule has 0 spiro atoms. The van der Waals surface area contributed by atoms with Gasteiger partial charge in [0.05, 0.1) is 10.6 Å². The molecule has 80 valence electrons. The summed E-state index contributed by atoms with van der Waals surface area (Å²) in [4.78, 5) is 5.80. The van der Waals surface area contributed by atoms with E-state index in [4.69, 9.17) is 5.73 Å². The van der Waals surface area contributed by atoms with Crippen LogP contribution in [0.25, 0.3) is 9.88 Å². The summed E-state index contributed by atoms with van der Waals surface area (Å²) in [6, 6.07) is 2.10. The van der Waals surface area contributed by atoms with Gasteiger partial charge in [-0.15, -0.1) is 22.7 Å². The summed E-state index contributed by atoms with van der Waals surface area (Å²) in [6.07, 6.45) is 0. The maximum Gasteiger partial charge on any atom is 0.133 e. The second-order valence-corrected chi connectivity index (χ2v) is 6.03. The Balaban J connectivity index is 2.27. The SMILES string of the molecule is CC(CN)c1csc(-c2cc(Br)cs2)n1. The van der Waals surface area contributed by atoms with Crippen molar-refractivity contribution in [3.63, 3.8) is 0 Å². The summed E-state index contributed by atoms with van der Waals surface area (Å²) >= 11 is 6.83. The van der Waals surface area contributed by atoms with Gasteiger partial charge in [-0.05, 0) is 22.0 Å². The fourth-order valence-corrected chi connectivity index (χ4v) is 3.62. The van der Waals surface area contributed by atoms with Crippen LogP contribution in [-0.4, -0.2) is 11.5 Å². The quantitative estimate of drug-likeness (QED) is 0.939. The monoisotopic (exact) mass is 302 g/mol. The molecule has 2 nitrogen and oxygen atoms in total. The van der Waals surface area contributed by atoms with Crippen LogP contribution in [0.15, 0.2) is 21.3 Å². The Kier molecular flexibility index (Phi) is 3.56. The van der Waals surface area contributed by atoms with Gasteiger partial charge in [-0.25, -0.2) is 4.98 Å². The zero-order chi connectivity index (χ0) is 10.8. The lowest BCUT2D eigenvalue weighted by molar-refractivity contribution is 0.752. The maximum atomic E-state index is 5.62. The van der Waals surface area contributed by atoms with Crippen LogP contribution in [0.5, 0.6) is 0 Å². The molecule has 0 amide bonds. The van der Waals surface area contributed by atoms with Crippen molar-refractivity contribution in [2.75, 3.05) is 6.54 Å². The normalized spacial score (nSPS) is 13.0. The standard InChI is InChI=1S/C10H11BrN2S2/c1-6(3-12)8-5-15-10(13-8)9-2-7(11)4-14-9/h2,4-6H,3,12H2,1H3. The third-order valence-corrected chi connectivity index (χ3v) is 4.88. The Labute approximate surface area is 105 Å². The molecule has 2 rings (SSSR count). The van der Waals surface area contributed by atoms with Crippen LogP contribution in [0.3, 0.4) is 0 Å². The van der Waals surface area contributed by atoms with E-state index in [1.165, 1.54) is 4.88 Å². The van der Waals surface area contributed by atoms with Crippen molar-refractivity contribution in [2.45, 2.75) is 12.8 Å².